The van der Waals surface area contributed by atoms with Gasteiger partial charge in [0, 0.05) is 37.6 Å². The molecule has 4 rings (SSSR count). The van der Waals surface area contributed by atoms with Crippen LogP contribution in [-0.4, -0.2) is 29.5 Å². The van der Waals surface area contributed by atoms with E-state index < -0.39 is 0 Å². The molecule has 0 aliphatic carbocycles. The number of aromatic amines is 1. The molecule has 0 saturated carbocycles. The second-order valence-electron chi connectivity index (χ2n) is 5.42. The first-order valence-corrected chi connectivity index (χ1v) is 7.10. The van der Waals surface area contributed by atoms with Gasteiger partial charge in [-0.1, -0.05) is 7.43 Å². The number of rotatable bonds is 2. The zero-order valence-electron chi connectivity index (χ0n) is 12.7. The third-order valence-corrected chi connectivity index (χ3v) is 3.92. The van der Waals surface area contributed by atoms with Gasteiger partial charge in [-0.2, -0.15) is 10.2 Å². The molecule has 3 aromatic heterocycles. The van der Waals surface area contributed by atoms with Crippen molar-refractivity contribution in [3.8, 4) is 22.5 Å². The number of aromatic nitrogens is 6. The van der Waals surface area contributed by atoms with Gasteiger partial charge in [-0.05, 0) is 31.2 Å². The molecular weight excluding hydrogens is 288 g/mol. The maximum absolute atomic E-state index is 4.64. The van der Waals surface area contributed by atoms with Crippen LogP contribution in [0.15, 0.2) is 36.7 Å². The van der Waals surface area contributed by atoms with Crippen molar-refractivity contribution in [3.05, 3.63) is 42.5 Å². The van der Waals surface area contributed by atoms with E-state index >= 15 is 0 Å². The average molecular weight is 308 g/mol. The number of nitrogens with one attached hydrogen (secondary N) is 1. The van der Waals surface area contributed by atoms with Crippen molar-refractivity contribution >= 4 is 11.0 Å². The molecule has 0 aliphatic rings. The number of nitrogens with zero attached hydrogens (tertiary/aromatic N) is 5. The Labute approximate surface area is 134 Å². The largest absolute Gasteiger partial charge is 0.342 e. The minimum absolute atomic E-state index is 0. The van der Waals surface area contributed by atoms with E-state index in [2.05, 4.69) is 32.3 Å². The lowest BCUT2D eigenvalue weighted by molar-refractivity contribution is 0.774. The summed E-state index contributed by atoms with van der Waals surface area (Å²) in [4.78, 5) is 7.97. The SMILES string of the molecule is C.Cc1nc2c(-c3ccnn3C)cc(-c3ccnn3C)cc2[nH]1. The van der Waals surface area contributed by atoms with Gasteiger partial charge in [0.2, 0.25) is 0 Å². The molecule has 0 unspecified atom stereocenters. The molecule has 0 spiro atoms. The molecule has 6 nitrogen and oxygen atoms in total. The highest BCUT2D eigenvalue weighted by Gasteiger charge is 2.14. The topological polar surface area (TPSA) is 64.3 Å². The standard InChI is InChI=1S/C16H16N6.CH4/c1-10-19-13-9-11(14-4-6-17-21(14)2)8-12(16(13)20-10)15-5-7-18-22(15)3;/h4-9H,1-3H3,(H,19,20);1H4. The Kier molecular flexibility index (Phi) is 3.52. The normalized spacial score (nSPS) is 10.9. The van der Waals surface area contributed by atoms with Crippen molar-refractivity contribution in [1.29, 1.82) is 0 Å². The van der Waals surface area contributed by atoms with Gasteiger partial charge in [-0.3, -0.25) is 9.36 Å². The van der Waals surface area contributed by atoms with Crippen LogP contribution in [0, 0.1) is 6.92 Å². The zero-order chi connectivity index (χ0) is 15.3. The fraction of sp³-hybridized carbons (Fsp3) is 0.235. The molecule has 23 heavy (non-hydrogen) atoms. The van der Waals surface area contributed by atoms with Crippen LogP contribution in [0.2, 0.25) is 0 Å². The van der Waals surface area contributed by atoms with Crippen molar-refractivity contribution in [2.45, 2.75) is 14.4 Å². The summed E-state index contributed by atoms with van der Waals surface area (Å²) in [5, 5.41) is 8.54. The first kappa shape index (κ1) is 15.0. The summed E-state index contributed by atoms with van der Waals surface area (Å²) in [5.74, 6) is 0.903. The fourth-order valence-electron chi connectivity index (χ4n) is 2.88. The van der Waals surface area contributed by atoms with Gasteiger partial charge in [0.25, 0.3) is 0 Å². The molecule has 0 saturated heterocycles. The highest BCUT2D eigenvalue weighted by molar-refractivity contribution is 5.95. The Morgan fingerprint density at radius 2 is 1.61 bits per heavy atom. The summed E-state index contributed by atoms with van der Waals surface area (Å²) >= 11 is 0. The summed E-state index contributed by atoms with van der Waals surface area (Å²) in [6.45, 7) is 1.97. The van der Waals surface area contributed by atoms with E-state index in [-0.39, 0.29) is 7.43 Å². The second-order valence-corrected chi connectivity index (χ2v) is 5.42. The highest BCUT2D eigenvalue weighted by Crippen LogP contribution is 2.32. The Bertz CT molecular complexity index is 972. The van der Waals surface area contributed by atoms with Crippen LogP contribution >= 0.6 is 0 Å². The van der Waals surface area contributed by atoms with Gasteiger partial charge < -0.3 is 4.98 Å². The van der Waals surface area contributed by atoms with E-state index in [1.807, 2.05) is 48.7 Å². The lowest BCUT2D eigenvalue weighted by atomic mass is 10.0. The number of hydrogen-bond acceptors (Lipinski definition) is 3. The second kappa shape index (κ2) is 5.39. The molecule has 0 aliphatic heterocycles. The number of aryl methyl sites for hydroxylation is 3. The first-order valence-electron chi connectivity index (χ1n) is 7.10. The molecule has 1 N–H and O–H groups in total. The predicted octanol–water partition coefficient (Wildman–Crippen LogP) is 3.31. The van der Waals surface area contributed by atoms with Gasteiger partial charge in [0.05, 0.1) is 22.4 Å². The summed E-state index contributed by atoms with van der Waals surface area (Å²) in [5.41, 5.74) is 6.27. The molecular formula is C17H20N6. The molecule has 0 amide bonds. The lowest BCUT2D eigenvalue weighted by Crippen LogP contribution is -1.96. The maximum atomic E-state index is 4.64. The number of imidazole rings is 1. The van der Waals surface area contributed by atoms with Crippen LogP contribution in [0.5, 0.6) is 0 Å². The Balaban J connectivity index is 0.00000156. The number of H-pyrrole nitrogens is 1. The van der Waals surface area contributed by atoms with Crippen LogP contribution in [0.3, 0.4) is 0 Å². The van der Waals surface area contributed by atoms with Crippen LogP contribution in [-0.2, 0) is 14.1 Å². The smallest absolute Gasteiger partial charge is 0.104 e. The molecule has 0 atom stereocenters. The van der Waals surface area contributed by atoms with E-state index in [4.69, 9.17) is 0 Å². The van der Waals surface area contributed by atoms with Gasteiger partial charge in [-0.15, -0.1) is 0 Å². The monoisotopic (exact) mass is 308 g/mol. The van der Waals surface area contributed by atoms with Crippen molar-refractivity contribution in [2.75, 3.05) is 0 Å². The minimum Gasteiger partial charge on any atom is -0.342 e. The molecule has 6 heteroatoms. The molecule has 1 aromatic carbocycles. The number of benzene rings is 1. The molecule has 0 bridgehead atoms. The quantitative estimate of drug-likeness (QED) is 0.618. The predicted molar refractivity (Wildman–Crippen MR) is 92.0 cm³/mol. The van der Waals surface area contributed by atoms with Crippen molar-refractivity contribution in [2.24, 2.45) is 14.1 Å². The van der Waals surface area contributed by atoms with Crippen molar-refractivity contribution < 1.29 is 0 Å². The Morgan fingerprint density at radius 1 is 0.957 bits per heavy atom. The Morgan fingerprint density at radius 3 is 2.22 bits per heavy atom. The molecule has 118 valence electrons. The molecule has 4 aromatic rings. The number of fused-ring (bicyclic) bond motifs is 1. The van der Waals surface area contributed by atoms with Crippen LogP contribution in [0.4, 0.5) is 0 Å². The molecule has 0 fully saturated rings. The summed E-state index contributed by atoms with van der Waals surface area (Å²) in [7, 11) is 3.89. The zero-order valence-corrected chi connectivity index (χ0v) is 12.7. The Hall–Kier alpha value is -2.89. The van der Waals surface area contributed by atoms with Crippen molar-refractivity contribution in [3.63, 3.8) is 0 Å². The highest BCUT2D eigenvalue weighted by atomic mass is 15.3. The molecule has 0 radical (unpaired) electrons. The van der Waals surface area contributed by atoms with Crippen molar-refractivity contribution in [1.82, 2.24) is 29.5 Å². The van der Waals surface area contributed by atoms with Gasteiger partial charge in [0.1, 0.15) is 5.82 Å². The minimum atomic E-state index is 0. The maximum Gasteiger partial charge on any atom is 0.104 e. The summed E-state index contributed by atoms with van der Waals surface area (Å²) in [6.07, 6.45) is 3.61. The lowest BCUT2D eigenvalue weighted by Gasteiger charge is -2.08. The molecule has 3 heterocycles. The summed E-state index contributed by atoms with van der Waals surface area (Å²) < 4.78 is 3.74. The fourth-order valence-corrected chi connectivity index (χ4v) is 2.88. The van der Waals surface area contributed by atoms with Crippen LogP contribution in [0.1, 0.15) is 13.3 Å². The van der Waals surface area contributed by atoms with E-state index in [0.29, 0.717) is 0 Å². The van der Waals surface area contributed by atoms with Crippen LogP contribution in [0.25, 0.3) is 33.5 Å². The summed E-state index contributed by atoms with van der Waals surface area (Å²) in [6, 6.07) is 8.28. The van der Waals surface area contributed by atoms with Crippen LogP contribution < -0.4 is 0 Å². The van der Waals surface area contributed by atoms with E-state index in [0.717, 1.165) is 39.4 Å². The average Bonchev–Trinajstić information content (AvgIpc) is 3.17. The third kappa shape index (κ3) is 2.32. The van der Waals surface area contributed by atoms with E-state index in [9.17, 15) is 0 Å². The van der Waals surface area contributed by atoms with E-state index in [1.165, 1.54) is 0 Å². The first-order chi connectivity index (χ1) is 10.6. The van der Waals surface area contributed by atoms with E-state index in [1.54, 1.807) is 6.20 Å². The van der Waals surface area contributed by atoms with Gasteiger partial charge in [0.15, 0.2) is 0 Å². The van der Waals surface area contributed by atoms with Gasteiger partial charge in [-0.25, -0.2) is 4.98 Å². The third-order valence-electron chi connectivity index (χ3n) is 3.92. The van der Waals surface area contributed by atoms with Gasteiger partial charge >= 0.3 is 0 Å². The number of hydrogen-bond donors (Lipinski definition) is 1.